The molecule has 98 valence electrons. The molecule has 0 saturated heterocycles. The van der Waals surface area contributed by atoms with Gasteiger partial charge in [-0.2, -0.15) is 0 Å². The summed E-state index contributed by atoms with van der Waals surface area (Å²) < 4.78 is 13.5. The lowest BCUT2D eigenvalue weighted by Gasteiger charge is -2.08. The van der Waals surface area contributed by atoms with Crippen LogP contribution in [0.1, 0.15) is 21.5 Å². The Morgan fingerprint density at radius 3 is 2.32 bits per heavy atom. The second-order valence-electron chi connectivity index (χ2n) is 4.49. The van der Waals surface area contributed by atoms with E-state index in [9.17, 15) is 9.18 Å². The molecule has 0 heterocycles. The van der Waals surface area contributed by atoms with Gasteiger partial charge in [0.25, 0.3) is 5.91 Å². The number of phenols is 1. The molecule has 2 aromatic rings. The summed E-state index contributed by atoms with van der Waals surface area (Å²) in [4.78, 5) is 12.0. The fourth-order valence-corrected chi connectivity index (χ4v) is 1.91. The molecule has 0 aliphatic carbocycles. The van der Waals surface area contributed by atoms with E-state index in [4.69, 9.17) is 5.11 Å². The smallest absolute Gasteiger partial charge is 0.255 e. The maximum atomic E-state index is 13.5. The number of carbonyl (C=O) groups is 1. The van der Waals surface area contributed by atoms with Crippen LogP contribution in [0.25, 0.3) is 0 Å². The lowest BCUT2D eigenvalue weighted by atomic mass is 10.1. The first-order valence-corrected chi connectivity index (χ1v) is 5.84. The molecule has 0 radical (unpaired) electrons. The summed E-state index contributed by atoms with van der Waals surface area (Å²) in [7, 11) is 0. The number of amides is 1. The molecule has 2 N–H and O–H groups in total. The Bertz CT molecular complexity index is 618. The zero-order valence-corrected chi connectivity index (χ0v) is 10.7. The molecule has 1 amide bonds. The minimum Gasteiger partial charge on any atom is -0.508 e. The van der Waals surface area contributed by atoms with E-state index < -0.39 is 5.82 Å². The van der Waals surface area contributed by atoms with Crippen LogP contribution >= 0.6 is 0 Å². The highest BCUT2D eigenvalue weighted by Gasteiger charge is 2.10. The van der Waals surface area contributed by atoms with E-state index in [0.29, 0.717) is 5.56 Å². The lowest BCUT2D eigenvalue weighted by molar-refractivity contribution is 0.102. The van der Waals surface area contributed by atoms with Crippen LogP contribution in [0.4, 0.5) is 10.1 Å². The lowest BCUT2D eigenvalue weighted by Crippen LogP contribution is -2.13. The molecular weight excluding hydrogens is 245 g/mol. The monoisotopic (exact) mass is 259 g/mol. The van der Waals surface area contributed by atoms with Crippen molar-refractivity contribution in [1.29, 1.82) is 0 Å². The highest BCUT2D eigenvalue weighted by Crippen LogP contribution is 2.20. The first kappa shape index (κ1) is 13.1. The zero-order valence-electron chi connectivity index (χ0n) is 10.7. The standard InChI is InChI=1S/C15H14FNO2/c1-9-5-10(2)7-11(6-9)15(19)17-14-4-3-12(18)8-13(14)16/h3-8,18H,1-2H3,(H,17,19). The zero-order chi connectivity index (χ0) is 14.0. The number of rotatable bonds is 2. The first-order valence-electron chi connectivity index (χ1n) is 5.84. The maximum absolute atomic E-state index is 13.5. The molecule has 3 nitrogen and oxygen atoms in total. The van der Waals surface area contributed by atoms with E-state index in [1.807, 2.05) is 19.9 Å². The van der Waals surface area contributed by atoms with E-state index in [0.717, 1.165) is 17.2 Å². The van der Waals surface area contributed by atoms with Crippen LogP contribution in [0, 0.1) is 19.7 Å². The number of nitrogens with one attached hydrogen (secondary N) is 1. The molecule has 0 aliphatic rings. The fraction of sp³-hybridized carbons (Fsp3) is 0.133. The summed E-state index contributed by atoms with van der Waals surface area (Å²) >= 11 is 0. The second kappa shape index (κ2) is 5.10. The van der Waals surface area contributed by atoms with Gasteiger partial charge >= 0.3 is 0 Å². The van der Waals surface area contributed by atoms with Gasteiger partial charge in [-0.25, -0.2) is 4.39 Å². The number of halogens is 1. The normalized spacial score (nSPS) is 10.3. The molecule has 0 atom stereocenters. The van der Waals surface area contributed by atoms with Crippen LogP contribution in [-0.4, -0.2) is 11.0 Å². The summed E-state index contributed by atoms with van der Waals surface area (Å²) in [6.45, 7) is 3.79. The van der Waals surface area contributed by atoms with Gasteiger partial charge in [0.1, 0.15) is 11.6 Å². The SMILES string of the molecule is Cc1cc(C)cc(C(=O)Nc2ccc(O)cc2F)c1. The second-order valence-corrected chi connectivity index (χ2v) is 4.49. The summed E-state index contributed by atoms with van der Waals surface area (Å²) in [5.41, 5.74) is 2.46. The first-order chi connectivity index (χ1) is 8.95. The number of aromatic hydroxyl groups is 1. The van der Waals surface area contributed by atoms with Crippen molar-refractivity contribution in [1.82, 2.24) is 0 Å². The summed E-state index contributed by atoms with van der Waals surface area (Å²) in [6, 6.07) is 9.03. The molecular formula is C15H14FNO2. The number of hydrogen-bond acceptors (Lipinski definition) is 2. The van der Waals surface area contributed by atoms with Crippen LogP contribution in [0.15, 0.2) is 36.4 Å². The fourth-order valence-electron chi connectivity index (χ4n) is 1.91. The van der Waals surface area contributed by atoms with E-state index in [1.54, 1.807) is 12.1 Å². The summed E-state index contributed by atoms with van der Waals surface area (Å²) in [5.74, 6) is -1.23. The number of hydrogen-bond donors (Lipinski definition) is 2. The Balaban J connectivity index is 2.25. The van der Waals surface area contributed by atoms with Crippen LogP contribution in [0.3, 0.4) is 0 Å². The van der Waals surface area contributed by atoms with Gasteiger partial charge in [-0.15, -0.1) is 0 Å². The molecule has 4 heteroatoms. The van der Waals surface area contributed by atoms with Crippen LogP contribution in [-0.2, 0) is 0 Å². The molecule has 2 aromatic carbocycles. The highest BCUT2D eigenvalue weighted by molar-refractivity contribution is 6.04. The Morgan fingerprint density at radius 1 is 1.11 bits per heavy atom. The van der Waals surface area contributed by atoms with Gasteiger partial charge in [0, 0.05) is 11.6 Å². The van der Waals surface area contributed by atoms with Crippen LogP contribution in [0.5, 0.6) is 5.75 Å². The summed E-state index contributed by atoms with van der Waals surface area (Å²) in [6.07, 6.45) is 0. The predicted molar refractivity (Wildman–Crippen MR) is 71.9 cm³/mol. The Morgan fingerprint density at radius 2 is 1.74 bits per heavy atom. The Kier molecular flexibility index (Phi) is 3.51. The Labute approximate surface area is 110 Å². The van der Waals surface area contributed by atoms with E-state index >= 15 is 0 Å². The van der Waals surface area contributed by atoms with Crippen LogP contribution < -0.4 is 5.32 Å². The van der Waals surface area contributed by atoms with Crippen molar-refractivity contribution in [2.75, 3.05) is 5.32 Å². The van der Waals surface area contributed by atoms with Crippen molar-refractivity contribution in [2.24, 2.45) is 0 Å². The third kappa shape index (κ3) is 3.10. The number of aryl methyl sites for hydroxylation is 2. The maximum Gasteiger partial charge on any atom is 0.255 e. The average Bonchev–Trinajstić information content (AvgIpc) is 2.31. The van der Waals surface area contributed by atoms with Crippen molar-refractivity contribution in [3.05, 3.63) is 58.9 Å². The van der Waals surface area contributed by atoms with Gasteiger partial charge in [0.2, 0.25) is 0 Å². The average molecular weight is 259 g/mol. The van der Waals surface area contributed by atoms with Gasteiger partial charge in [-0.3, -0.25) is 4.79 Å². The van der Waals surface area contributed by atoms with Crippen molar-refractivity contribution in [3.63, 3.8) is 0 Å². The van der Waals surface area contributed by atoms with Gasteiger partial charge in [-0.05, 0) is 38.1 Å². The quantitative estimate of drug-likeness (QED) is 0.812. The molecule has 0 bridgehead atoms. The number of phenolic OH excluding ortho intramolecular Hbond substituents is 1. The molecule has 0 saturated carbocycles. The highest BCUT2D eigenvalue weighted by atomic mass is 19.1. The largest absolute Gasteiger partial charge is 0.508 e. The van der Waals surface area contributed by atoms with Gasteiger partial charge in [-0.1, -0.05) is 17.2 Å². The van der Waals surface area contributed by atoms with Gasteiger partial charge in [0.15, 0.2) is 0 Å². The van der Waals surface area contributed by atoms with Crippen molar-refractivity contribution >= 4 is 11.6 Å². The minimum absolute atomic E-state index is 0.0435. The van der Waals surface area contributed by atoms with Crippen molar-refractivity contribution < 1.29 is 14.3 Å². The van der Waals surface area contributed by atoms with E-state index in [2.05, 4.69) is 5.32 Å². The Hall–Kier alpha value is -2.36. The molecule has 0 spiro atoms. The topological polar surface area (TPSA) is 49.3 Å². The third-order valence-corrected chi connectivity index (χ3v) is 2.68. The minimum atomic E-state index is -0.669. The predicted octanol–water partition coefficient (Wildman–Crippen LogP) is 3.40. The molecule has 2 rings (SSSR count). The van der Waals surface area contributed by atoms with Crippen molar-refractivity contribution in [2.45, 2.75) is 13.8 Å². The molecule has 19 heavy (non-hydrogen) atoms. The summed E-state index contributed by atoms with van der Waals surface area (Å²) in [5, 5.41) is 11.6. The number of anilines is 1. The third-order valence-electron chi connectivity index (χ3n) is 2.68. The van der Waals surface area contributed by atoms with E-state index in [1.165, 1.54) is 12.1 Å². The molecule has 0 unspecified atom stereocenters. The number of benzene rings is 2. The van der Waals surface area contributed by atoms with Gasteiger partial charge < -0.3 is 10.4 Å². The molecule has 0 fully saturated rings. The van der Waals surface area contributed by atoms with Gasteiger partial charge in [0.05, 0.1) is 5.69 Å². The van der Waals surface area contributed by atoms with E-state index in [-0.39, 0.29) is 17.3 Å². The molecule has 0 aliphatic heterocycles. The van der Waals surface area contributed by atoms with Crippen molar-refractivity contribution in [3.8, 4) is 5.75 Å². The van der Waals surface area contributed by atoms with Crippen LogP contribution in [0.2, 0.25) is 0 Å². The molecule has 0 aromatic heterocycles. The number of carbonyl (C=O) groups excluding carboxylic acids is 1.